The Morgan fingerprint density at radius 1 is 1.12 bits per heavy atom. The molecule has 0 aromatic rings. The third-order valence-electron chi connectivity index (χ3n) is 2.41. The fraction of sp³-hybridized carbons (Fsp3) is 0.643. The van der Waals surface area contributed by atoms with Gasteiger partial charge in [-0.2, -0.15) is 0 Å². The molecule has 0 atom stereocenters. The standard InChI is InChI=1S/C14H28Si2/c1-9-10-14(16(6,7)8)11-13(2)12-15(3,4)5/h9H,1,10,12H2,2-8H3. The highest BCUT2D eigenvalue weighted by Crippen LogP contribution is 2.20. The Morgan fingerprint density at radius 2 is 1.62 bits per heavy atom. The van der Waals surface area contributed by atoms with Crippen molar-refractivity contribution in [1.29, 1.82) is 0 Å². The van der Waals surface area contributed by atoms with E-state index in [1.54, 1.807) is 0 Å². The normalized spacial score (nSPS) is 11.9. The lowest BCUT2D eigenvalue weighted by molar-refractivity contribution is 1.27. The van der Waals surface area contributed by atoms with Crippen LogP contribution in [0.2, 0.25) is 45.3 Å². The number of hydrogen-bond donors (Lipinski definition) is 0. The smallest absolute Gasteiger partial charge is 0.0827 e. The fourth-order valence-electron chi connectivity index (χ4n) is 1.79. The van der Waals surface area contributed by atoms with Crippen molar-refractivity contribution in [2.45, 2.75) is 58.7 Å². The predicted octanol–water partition coefficient (Wildman–Crippen LogP) is 5.25. The molecule has 0 aliphatic carbocycles. The Kier molecular flexibility index (Phi) is 5.74. The van der Waals surface area contributed by atoms with E-state index < -0.39 is 16.1 Å². The summed E-state index contributed by atoms with van der Waals surface area (Å²) in [5.41, 5.74) is 5.12. The molecule has 0 aromatic carbocycles. The molecule has 0 aliphatic heterocycles. The van der Waals surface area contributed by atoms with Crippen molar-refractivity contribution in [3.8, 4) is 0 Å². The second-order valence-electron chi connectivity index (χ2n) is 6.86. The predicted molar refractivity (Wildman–Crippen MR) is 82.5 cm³/mol. The molecule has 0 spiro atoms. The van der Waals surface area contributed by atoms with E-state index in [0.717, 1.165) is 6.42 Å². The molecular weight excluding hydrogens is 224 g/mol. The van der Waals surface area contributed by atoms with Crippen molar-refractivity contribution in [3.63, 3.8) is 0 Å². The number of hydrogen-bond acceptors (Lipinski definition) is 0. The zero-order valence-corrected chi connectivity index (χ0v) is 14.2. The monoisotopic (exact) mass is 252 g/mol. The average Bonchev–Trinajstić information content (AvgIpc) is 1.97. The van der Waals surface area contributed by atoms with Crippen molar-refractivity contribution >= 4 is 16.1 Å². The summed E-state index contributed by atoms with van der Waals surface area (Å²) in [6, 6.07) is 1.26. The van der Waals surface area contributed by atoms with Gasteiger partial charge >= 0.3 is 0 Å². The van der Waals surface area contributed by atoms with Gasteiger partial charge in [-0.15, -0.1) is 12.3 Å². The van der Waals surface area contributed by atoms with Crippen molar-refractivity contribution in [1.82, 2.24) is 0 Å². The van der Waals surface area contributed by atoms with Crippen LogP contribution in [0.1, 0.15) is 13.3 Å². The van der Waals surface area contributed by atoms with Crippen LogP contribution in [0.4, 0.5) is 0 Å². The van der Waals surface area contributed by atoms with Crippen LogP contribution < -0.4 is 0 Å². The third-order valence-corrected chi connectivity index (χ3v) is 6.14. The van der Waals surface area contributed by atoms with Crippen LogP contribution in [0.25, 0.3) is 0 Å². The summed E-state index contributed by atoms with van der Waals surface area (Å²) in [6.45, 7) is 20.5. The maximum absolute atomic E-state index is 3.86. The molecule has 0 amide bonds. The first-order chi connectivity index (χ1) is 7.06. The minimum absolute atomic E-state index is 0.992. The van der Waals surface area contributed by atoms with E-state index in [2.05, 4.69) is 58.5 Å². The highest BCUT2D eigenvalue weighted by Gasteiger charge is 2.19. The van der Waals surface area contributed by atoms with Gasteiger partial charge in [0.2, 0.25) is 0 Å². The van der Waals surface area contributed by atoms with Gasteiger partial charge in [0, 0.05) is 8.07 Å². The lowest BCUT2D eigenvalue weighted by atomic mass is 10.3. The molecule has 0 rings (SSSR count). The lowest BCUT2D eigenvalue weighted by Crippen LogP contribution is -2.23. The van der Waals surface area contributed by atoms with Crippen molar-refractivity contribution < 1.29 is 0 Å². The summed E-state index contributed by atoms with van der Waals surface area (Å²) in [7, 11) is -2.21. The molecule has 0 bridgehead atoms. The number of rotatable bonds is 5. The Morgan fingerprint density at radius 3 is 1.94 bits per heavy atom. The Bertz CT molecular complexity index is 305. The first kappa shape index (κ1) is 15.7. The second kappa shape index (κ2) is 5.85. The Labute approximate surface area is 104 Å². The SMILES string of the molecule is C=CCC(=C=C(C)C[Si](C)(C)C)[Si](C)(C)C. The van der Waals surface area contributed by atoms with Gasteiger partial charge in [0.15, 0.2) is 0 Å². The summed E-state index contributed by atoms with van der Waals surface area (Å²) < 4.78 is 0. The van der Waals surface area contributed by atoms with Crippen LogP contribution in [0.5, 0.6) is 0 Å². The topological polar surface area (TPSA) is 0 Å². The third kappa shape index (κ3) is 7.05. The Hall–Kier alpha value is -0.306. The first-order valence-corrected chi connectivity index (χ1v) is 13.3. The van der Waals surface area contributed by atoms with Gasteiger partial charge in [0.1, 0.15) is 0 Å². The van der Waals surface area contributed by atoms with Gasteiger partial charge in [-0.1, -0.05) is 45.4 Å². The summed E-state index contributed by atoms with van der Waals surface area (Å²) in [4.78, 5) is 0. The van der Waals surface area contributed by atoms with E-state index in [0.29, 0.717) is 0 Å². The maximum atomic E-state index is 3.86. The molecule has 0 aromatic heterocycles. The summed E-state index contributed by atoms with van der Waals surface area (Å²) in [5.74, 6) is 0. The molecule has 92 valence electrons. The van der Waals surface area contributed by atoms with Gasteiger partial charge in [-0.05, 0) is 30.2 Å². The Balaban J connectivity index is 5.17. The van der Waals surface area contributed by atoms with E-state index >= 15 is 0 Å². The molecule has 0 radical (unpaired) electrons. The van der Waals surface area contributed by atoms with E-state index in [1.165, 1.54) is 16.8 Å². The van der Waals surface area contributed by atoms with Crippen LogP contribution >= 0.6 is 0 Å². The van der Waals surface area contributed by atoms with Gasteiger partial charge in [-0.3, -0.25) is 0 Å². The molecular formula is C14H28Si2. The summed E-state index contributed by atoms with van der Waals surface area (Å²) in [6.07, 6.45) is 3.03. The van der Waals surface area contributed by atoms with Crippen molar-refractivity contribution in [3.05, 3.63) is 29.2 Å². The van der Waals surface area contributed by atoms with Crippen LogP contribution in [-0.4, -0.2) is 16.1 Å². The molecule has 0 saturated heterocycles. The zero-order valence-electron chi connectivity index (χ0n) is 12.2. The van der Waals surface area contributed by atoms with Crippen molar-refractivity contribution in [2.75, 3.05) is 0 Å². The molecule has 0 saturated carbocycles. The highest BCUT2D eigenvalue weighted by atomic mass is 28.3. The average molecular weight is 253 g/mol. The van der Waals surface area contributed by atoms with E-state index in [4.69, 9.17) is 0 Å². The molecule has 0 aliphatic rings. The molecule has 0 nitrogen and oxygen atoms in total. The van der Waals surface area contributed by atoms with Crippen molar-refractivity contribution in [2.24, 2.45) is 0 Å². The molecule has 2 heteroatoms. The van der Waals surface area contributed by atoms with Gasteiger partial charge in [-0.25, -0.2) is 0 Å². The summed E-state index contributed by atoms with van der Waals surface area (Å²) >= 11 is 0. The largest absolute Gasteiger partial charge is 0.127 e. The minimum Gasteiger partial charge on any atom is -0.127 e. The molecule has 0 N–H and O–H groups in total. The molecule has 0 heterocycles. The highest BCUT2D eigenvalue weighted by molar-refractivity contribution is 6.83. The van der Waals surface area contributed by atoms with Gasteiger partial charge in [0.05, 0.1) is 8.07 Å². The molecule has 0 fully saturated rings. The number of allylic oxidation sites excluding steroid dienone is 2. The first-order valence-electron chi connectivity index (χ1n) is 6.13. The maximum Gasteiger partial charge on any atom is 0.0827 e. The lowest BCUT2D eigenvalue weighted by Gasteiger charge is -2.19. The van der Waals surface area contributed by atoms with Crippen LogP contribution in [0, 0.1) is 0 Å². The molecule has 16 heavy (non-hydrogen) atoms. The van der Waals surface area contributed by atoms with Gasteiger partial charge < -0.3 is 0 Å². The fourth-order valence-corrected chi connectivity index (χ4v) is 4.81. The quantitative estimate of drug-likeness (QED) is 0.356. The van der Waals surface area contributed by atoms with Crippen LogP contribution in [-0.2, 0) is 0 Å². The second-order valence-corrected chi connectivity index (χ2v) is 17.4. The van der Waals surface area contributed by atoms with E-state index in [1.807, 2.05) is 6.08 Å². The zero-order chi connectivity index (χ0) is 13.0. The van der Waals surface area contributed by atoms with E-state index in [-0.39, 0.29) is 0 Å². The van der Waals surface area contributed by atoms with Crippen LogP contribution in [0.15, 0.2) is 29.2 Å². The van der Waals surface area contributed by atoms with Crippen LogP contribution in [0.3, 0.4) is 0 Å². The summed E-state index contributed by atoms with van der Waals surface area (Å²) in [5, 5.41) is 1.51. The molecule has 0 unspecified atom stereocenters. The van der Waals surface area contributed by atoms with Gasteiger partial charge in [0.25, 0.3) is 0 Å². The van der Waals surface area contributed by atoms with E-state index in [9.17, 15) is 0 Å². The minimum atomic E-state index is -1.22.